The predicted octanol–water partition coefficient (Wildman–Crippen LogP) is 3.89. The number of benzene rings is 2. The number of hydrogen-bond acceptors (Lipinski definition) is 4. The molecule has 0 aliphatic carbocycles. The van der Waals surface area contributed by atoms with Crippen molar-refractivity contribution in [1.29, 1.82) is 0 Å². The second kappa shape index (κ2) is 11.3. The lowest BCUT2D eigenvalue weighted by atomic mass is 10.1. The van der Waals surface area contributed by atoms with Gasteiger partial charge in [-0.15, -0.1) is 0 Å². The van der Waals surface area contributed by atoms with E-state index < -0.39 is 0 Å². The summed E-state index contributed by atoms with van der Waals surface area (Å²) in [5.41, 5.74) is 2.38. The summed E-state index contributed by atoms with van der Waals surface area (Å²) in [5, 5.41) is 8.73. The Hall–Kier alpha value is -3.35. The fraction of sp³-hybridized carbons (Fsp3) is 0.400. The fourth-order valence-electron chi connectivity index (χ4n) is 3.69. The monoisotopic (exact) mass is 436 g/mol. The molecule has 0 radical (unpaired) electrons. The van der Waals surface area contributed by atoms with Gasteiger partial charge in [0, 0.05) is 41.6 Å². The van der Waals surface area contributed by atoms with Gasteiger partial charge >= 0.3 is 0 Å². The van der Waals surface area contributed by atoms with Crippen LogP contribution in [-0.4, -0.2) is 48.3 Å². The molecular weight excluding hydrogens is 404 g/mol. The van der Waals surface area contributed by atoms with Crippen LogP contribution in [0.25, 0.3) is 0 Å². The van der Waals surface area contributed by atoms with Gasteiger partial charge in [-0.05, 0) is 63.1 Å². The van der Waals surface area contributed by atoms with Gasteiger partial charge in [0.1, 0.15) is 0 Å². The minimum absolute atomic E-state index is 0.0117. The van der Waals surface area contributed by atoms with Crippen molar-refractivity contribution in [3.63, 3.8) is 0 Å². The molecule has 2 aromatic rings. The third-order valence-corrected chi connectivity index (χ3v) is 5.28. The van der Waals surface area contributed by atoms with E-state index in [1.54, 1.807) is 48.5 Å². The molecule has 0 atom stereocenters. The molecule has 1 saturated heterocycles. The Morgan fingerprint density at radius 3 is 2.19 bits per heavy atom. The third kappa shape index (κ3) is 6.83. The van der Waals surface area contributed by atoms with E-state index in [4.69, 9.17) is 0 Å². The normalized spacial score (nSPS) is 13.9. The van der Waals surface area contributed by atoms with Gasteiger partial charge < -0.3 is 20.9 Å². The Balaban J connectivity index is 1.56. The zero-order valence-corrected chi connectivity index (χ0v) is 18.8. The van der Waals surface area contributed by atoms with Gasteiger partial charge in [-0.2, -0.15) is 0 Å². The van der Waals surface area contributed by atoms with Crippen molar-refractivity contribution in [2.45, 2.75) is 45.6 Å². The summed E-state index contributed by atoms with van der Waals surface area (Å²) < 4.78 is 0. The summed E-state index contributed by atoms with van der Waals surface area (Å²) in [5.74, 6) is -0.377. The van der Waals surface area contributed by atoms with Crippen molar-refractivity contribution in [1.82, 2.24) is 10.2 Å². The van der Waals surface area contributed by atoms with Crippen molar-refractivity contribution in [2.75, 3.05) is 30.3 Å². The Labute approximate surface area is 189 Å². The molecule has 1 fully saturated rings. The number of hydrogen-bond donors (Lipinski definition) is 3. The molecule has 0 saturated carbocycles. The minimum Gasteiger partial charge on any atom is -0.376 e. The number of carbonyl (C=O) groups excluding carboxylic acids is 3. The minimum atomic E-state index is -0.235. The first kappa shape index (κ1) is 23.3. The van der Waals surface area contributed by atoms with Crippen LogP contribution in [0, 0.1) is 0 Å². The van der Waals surface area contributed by atoms with Crippen LogP contribution in [0.5, 0.6) is 0 Å². The van der Waals surface area contributed by atoms with Crippen molar-refractivity contribution < 1.29 is 14.4 Å². The van der Waals surface area contributed by atoms with Gasteiger partial charge in [-0.25, -0.2) is 0 Å². The molecule has 7 nitrogen and oxygen atoms in total. The number of amides is 3. The predicted molar refractivity (Wildman–Crippen MR) is 127 cm³/mol. The molecular formula is C25H32N4O3. The van der Waals surface area contributed by atoms with E-state index in [1.165, 1.54) is 0 Å². The first-order valence-corrected chi connectivity index (χ1v) is 11.3. The molecule has 2 aromatic carbocycles. The smallest absolute Gasteiger partial charge is 0.253 e. The average Bonchev–Trinajstić information content (AvgIpc) is 3.07. The summed E-state index contributed by atoms with van der Waals surface area (Å²) in [6.45, 7) is 5.42. The van der Waals surface area contributed by atoms with E-state index >= 15 is 0 Å². The molecule has 3 rings (SSSR count). The maximum absolute atomic E-state index is 12.8. The lowest BCUT2D eigenvalue weighted by Gasteiger charge is -2.20. The maximum Gasteiger partial charge on any atom is 0.253 e. The molecule has 1 heterocycles. The van der Waals surface area contributed by atoms with Crippen LogP contribution in [-0.2, 0) is 4.79 Å². The highest BCUT2D eigenvalue weighted by atomic mass is 16.2. The van der Waals surface area contributed by atoms with Gasteiger partial charge in [-0.1, -0.05) is 25.0 Å². The van der Waals surface area contributed by atoms with E-state index in [2.05, 4.69) is 16.0 Å². The van der Waals surface area contributed by atoms with Crippen LogP contribution >= 0.6 is 0 Å². The van der Waals surface area contributed by atoms with Crippen LogP contribution in [0.4, 0.5) is 11.4 Å². The topological polar surface area (TPSA) is 90.5 Å². The second-order valence-corrected chi connectivity index (χ2v) is 8.40. The van der Waals surface area contributed by atoms with Crippen molar-refractivity contribution in [3.05, 3.63) is 59.7 Å². The Kier molecular flexibility index (Phi) is 8.25. The summed E-state index contributed by atoms with van der Waals surface area (Å²) in [7, 11) is 0. The zero-order valence-electron chi connectivity index (χ0n) is 18.8. The summed E-state index contributed by atoms with van der Waals surface area (Å²) in [6.07, 6.45) is 4.40. The van der Waals surface area contributed by atoms with Gasteiger partial charge in [-0.3, -0.25) is 14.4 Å². The number of nitrogens with one attached hydrogen (secondary N) is 3. The molecule has 170 valence electrons. The summed E-state index contributed by atoms with van der Waals surface area (Å²) in [4.78, 5) is 39.3. The van der Waals surface area contributed by atoms with Crippen molar-refractivity contribution in [3.8, 4) is 0 Å². The maximum atomic E-state index is 12.8. The molecule has 3 amide bonds. The first-order chi connectivity index (χ1) is 15.4. The molecule has 1 aliphatic rings. The quantitative estimate of drug-likeness (QED) is 0.614. The van der Waals surface area contributed by atoms with E-state index in [1.807, 2.05) is 18.7 Å². The first-order valence-electron chi connectivity index (χ1n) is 11.3. The number of anilines is 2. The Bertz CT molecular complexity index is 950. The lowest BCUT2D eigenvalue weighted by molar-refractivity contribution is -0.114. The number of likely N-dealkylation sites (tertiary alicyclic amines) is 1. The Morgan fingerprint density at radius 2 is 1.50 bits per heavy atom. The Morgan fingerprint density at radius 1 is 0.875 bits per heavy atom. The van der Waals surface area contributed by atoms with Crippen molar-refractivity contribution >= 4 is 29.1 Å². The van der Waals surface area contributed by atoms with Crippen molar-refractivity contribution in [2.24, 2.45) is 0 Å². The highest BCUT2D eigenvalue weighted by Gasteiger charge is 2.17. The third-order valence-electron chi connectivity index (χ3n) is 5.28. The zero-order chi connectivity index (χ0) is 22.9. The average molecular weight is 437 g/mol. The number of nitrogens with zero attached hydrogens (tertiary/aromatic N) is 1. The van der Waals surface area contributed by atoms with Crippen LogP contribution in [0.15, 0.2) is 48.5 Å². The van der Waals surface area contributed by atoms with Crippen LogP contribution in [0.3, 0.4) is 0 Å². The molecule has 32 heavy (non-hydrogen) atoms. The van der Waals surface area contributed by atoms with Crippen LogP contribution in [0.1, 0.15) is 60.2 Å². The van der Waals surface area contributed by atoms with E-state index in [9.17, 15) is 14.4 Å². The van der Waals surface area contributed by atoms with Gasteiger partial charge in [0.15, 0.2) is 0 Å². The molecule has 0 bridgehead atoms. The van der Waals surface area contributed by atoms with Gasteiger partial charge in [0.25, 0.3) is 11.8 Å². The van der Waals surface area contributed by atoms with E-state index in [0.29, 0.717) is 22.5 Å². The highest BCUT2D eigenvalue weighted by Crippen LogP contribution is 2.17. The van der Waals surface area contributed by atoms with Crippen LogP contribution < -0.4 is 16.0 Å². The van der Waals surface area contributed by atoms with E-state index in [0.717, 1.165) is 38.8 Å². The second-order valence-electron chi connectivity index (χ2n) is 8.40. The molecule has 0 spiro atoms. The summed E-state index contributed by atoms with van der Waals surface area (Å²) >= 11 is 0. The lowest BCUT2D eigenvalue weighted by Crippen LogP contribution is -2.31. The van der Waals surface area contributed by atoms with Crippen LogP contribution in [0.2, 0.25) is 0 Å². The highest BCUT2D eigenvalue weighted by molar-refractivity contribution is 5.98. The number of rotatable bonds is 7. The molecule has 7 heteroatoms. The molecule has 1 aliphatic heterocycles. The van der Waals surface area contributed by atoms with Gasteiger partial charge in [0.05, 0.1) is 6.54 Å². The molecule has 0 unspecified atom stereocenters. The largest absolute Gasteiger partial charge is 0.376 e. The molecule has 0 aromatic heterocycles. The standard InChI is InChI=1S/C25H32N4O3/c1-18(2)27-24(31)19-9-7-11-21(15-19)26-17-23(30)28-22-12-8-10-20(16-22)25(32)29-13-5-3-4-6-14-29/h7-12,15-16,18,26H,3-6,13-14,17H2,1-2H3,(H,27,31)(H,28,30). The van der Waals surface area contributed by atoms with Gasteiger partial charge in [0.2, 0.25) is 5.91 Å². The molecule has 3 N–H and O–H groups in total. The fourth-order valence-corrected chi connectivity index (χ4v) is 3.69. The summed E-state index contributed by atoms with van der Waals surface area (Å²) in [6, 6.07) is 14.1. The SMILES string of the molecule is CC(C)NC(=O)c1cccc(NCC(=O)Nc2cccc(C(=O)N3CCCCCC3)c2)c1. The van der Waals surface area contributed by atoms with E-state index in [-0.39, 0.29) is 30.3 Å². The number of carbonyl (C=O) groups is 3.